The number of anilines is 1. The molecule has 1 aromatic rings. The third-order valence-electron chi connectivity index (χ3n) is 2.88. The van der Waals surface area contributed by atoms with E-state index in [0.717, 1.165) is 19.3 Å². The van der Waals surface area contributed by atoms with Crippen LogP contribution in [0, 0.1) is 5.92 Å². The van der Waals surface area contributed by atoms with Gasteiger partial charge in [-0.25, -0.2) is 8.42 Å². The first-order valence-electron chi connectivity index (χ1n) is 5.84. The second kappa shape index (κ2) is 4.66. The van der Waals surface area contributed by atoms with Gasteiger partial charge in [0.15, 0.2) is 0 Å². The number of nitrogen functional groups attached to an aromatic ring is 1. The first-order valence-corrected chi connectivity index (χ1v) is 7.28. The minimum atomic E-state index is -3.49. The molecule has 0 atom stereocenters. The fourth-order valence-corrected chi connectivity index (χ4v) is 3.39. The molecule has 6 nitrogen and oxygen atoms in total. The van der Waals surface area contributed by atoms with Crippen molar-refractivity contribution in [2.75, 3.05) is 18.8 Å². The lowest BCUT2D eigenvalue weighted by atomic mass is 10.4. The summed E-state index contributed by atoms with van der Waals surface area (Å²) in [5, 5.41) is 6.13. The van der Waals surface area contributed by atoms with Crippen molar-refractivity contribution in [2.24, 2.45) is 5.92 Å². The van der Waals surface area contributed by atoms with E-state index in [4.69, 9.17) is 5.73 Å². The Bertz CT molecular complexity index is 478. The van der Waals surface area contributed by atoms with Gasteiger partial charge in [0.05, 0.1) is 6.20 Å². The zero-order valence-corrected chi connectivity index (χ0v) is 10.7. The molecule has 0 amide bonds. The van der Waals surface area contributed by atoms with Gasteiger partial charge < -0.3 is 5.73 Å². The number of H-pyrrole nitrogens is 1. The molecule has 0 bridgehead atoms. The molecule has 0 spiro atoms. The summed E-state index contributed by atoms with van der Waals surface area (Å²) in [5.74, 6) is 0.631. The van der Waals surface area contributed by atoms with E-state index in [1.54, 1.807) is 0 Å². The van der Waals surface area contributed by atoms with Crippen molar-refractivity contribution < 1.29 is 8.42 Å². The maximum absolute atomic E-state index is 12.4. The van der Waals surface area contributed by atoms with Crippen LogP contribution in [-0.4, -0.2) is 36.0 Å². The number of nitrogens with zero attached hydrogens (tertiary/aromatic N) is 2. The summed E-state index contributed by atoms with van der Waals surface area (Å²) < 4.78 is 26.2. The highest BCUT2D eigenvalue weighted by Gasteiger charge is 2.32. The van der Waals surface area contributed by atoms with Crippen LogP contribution in [0.5, 0.6) is 0 Å². The molecule has 1 aliphatic carbocycles. The van der Waals surface area contributed by atoms with E-state index in [1.165, 1.54) is 10.5 Å². The van der Waals surface area contributed by atoms with E-state index in [1.807, 2.05) is 6.92 Å². The van der Waals surface area contributed by atoms with Gasteiger partial charge >= 0.3 is 0 Å². The Morgan fingerprint density at radius 2 is 2.29 bits per heavy atom. The SMILES string of the molecule is CCCN(CC1CC1)S(=O)(=O)c1cn[nH]c1N. The first-order chi connectivity index (χ1) is 8.05. The van der Waals surface area contributed by atoms with Gasteiger partial charge in [-0.3, -0.25) is 5.10 Å². The molecule has 17 heavy (non-hydrogen) atoms. The molecule has 1 aromatic heterocycles. The van der Waals surface area contributed by atoms with Gasteiger partial charge in [-0.1, -0.05) is 6.92 Å². The number of sulfonamides is 1. The highest BCUT2D eigenvalue weighted by atomic mass is 32.2. The van der Waals surface area contributed by atoms with Crippen LogP contribution in [0.1, 0.15) is 26.2 Å². The molecular weight excluding hydrogens is 240 g/mol. The molecule has 3 N–H and O–H groups in total. The highest BCUT2D eigenvalue weighted by Crippen LogP contribution is 2.32. The van der Waals surface area contributed by atoms with E-state index in [-0.39, 0.29) is 10.7 Å². The predicted octanol–water partition coefficient (Wildman–Crippen LogP) is 0.803. The Kier molecular flexibility index (Phi) is 3.39. The Balaban J connectivity index is 2.23. The van der Waals surface area contributed by atoms with Crippen molar-refractivity contribution in [3.05, 3.63) is 6.20 Å². The third kappa shape index (κ3) is 2.61. The minimum absolute atomic E-state index is 0.0894. The quantitative estimate of drug-likeness (QED) is 0.789. The van der Waals surface area contributed by atoms with Crippen molar-refractivity contribution in [2.45, 2.75) is 31.1 Å². The number of aromatic nitrogens is 2. The zero-order valence-electron chi connectivity index (χ0n) is 9.89. The lowest BCUT2D eigenvalue weighted by Gasteiger charge is -2.20. The van der Waals surface area contributed by atoms with Gasteiger partial charge in [-0.2, -0.15) is 9.40 Å². The normalized spacial score (nSPS) is 16.6. The van der Waals surface area contributed by atoms with Gasteiger partial charge in [-0.15, -0.1) is 0 Å². The van der Waals surface area contributed by atoms with Crippen LogP contribution in [0.4, 0.5) is 5.82 Å². The number of aromatic amines is 1. The summed E-state index contributed by atoms with van der Waals surface area (Å²) in [6, 6.07) is 0. The Labute approximate surface area is 101 Å². The highest BCUT2D eigenvalue weighted by molar-refractivity contribution is 7.89. The van der Waals surface area contributed by atoms with Gasteiger partial charge in [0.25, 0.3) is 0 Å². The molecule has 2 rings (SSSR count). The Hall–Kier alpha value is -1.08. The topological polar surface area (TPSA) is 92.1 Å². The van der Waals surface area contributed by atoms with Gasteiger partial charge in [0, 0.05) is 13.1 Å². The summed E-state index contributed by atoms with van der Waals surface area (Å²) in [6.45, 7) is 3.10. The number of hydrogen-bond acceptors (Lipinski definition) is 4. The lowest BCUT2D eigenvalue weighted by Crippen LogP contribution is -2.33. The first kappa shape index (κ1) is 12.4. The second-order valence-electron chi connectivity index (χ2n) is 4.45. The van der Waals surface area contributed by atoms with E-state index in [2.05, 4.69) is 10.2 Å². The zero-order chi connectivity index (χ0) is 12.5. The number of rotatable bonds is 6. The van der Waals surface area contributed by atoms with Gasteiger partial charge in [-0.05, 0) is 25.2 Å². The van der Waals surface area contributed by atoms with Crippen molar-refractivity contribution >= 4 is 15.8 Å². The van der Waals surface area contributed by atoms with Crippen LogP contribution in [0.15, 0.2) is 11.1 Å². The Morgan fingerprint density at radius 1 is 1.59 bits per heavy atom. The monoisotopic (exact) mass is 258 g/mol. The van der Waals surface area contributed by atoms with E-state index in [0.29, 0.717) is 19.0 Å². The second-order valence-corrected chi connectivity index (χ2v) is 6.36. The van der Waals surface area contributed by atoms with E-state index < -0.39 is 10.0 Å². The number of nitrogens with one attached hydrogen (secondary N) is 1. The molecule has 96 valence electrons. The standard InChI is InChI=1S/C10H18N4O2S/c1-2-5-14(7-8-3-4-8)17(15,16)9-6-12-13-10(9)11/h6,8H,2-5,7H2,1H3,(H3,11,12,13). The summed E-state index contributed by atoms with van der Waals surface area (Å²) in [4.78, 5) is 0.0894. The van der Waals surface area contributed by atoms with Crippen LogP contribution in [0.3, 0.4) is 0 Å². The molecule has 0 saturated heterocycles. The molecule has 7 heteroatoms. The predicted molar refractivity (Wildman–Crippen MR) is 64.8 cm³/mol. The molecule has 0 radical (unpaired) electrons. The number of nitrogens with two attached hydrogens (primary N) is 1. The van der Waals surface area contributed by atoms with E-state index >= 15 is 0 Å². The average molecular weight is 258 g/mol. The molecule has 1 saturated carbocycles. The van der Waals surface area contributed by atoms with Crippen LogP contribution >= 0.6 is 0 Å². The van der Waals surface area contributed by atoms with Crippen LogP contribution in [0.2, 0.25) is 0 Å². The van der Waals surface area contributed by atoms with Crippen molar-refractivity contribution in [1.29, 1.82) is 0 Å². The largest absolute Gasteiger partial charge is 0.383 e. The lowest BCUT2D eigenvalue weighted by molar-refractivity contribution is 0.396. The molecule has 1 heterocycles. The maximum atomic E-state index is 12.4. The van der Waals surface area contributed by atoms with Crippen molar-refractivity contribution in [3.8, 4) is 0 Å². The molecule has 0 unspecified atom stereocenters. The third-order valence-corrected chi connectivity index (χ3v) is 4.77. The molecule has 1 aliphatic rings. The summed E-state index contributed by atoms with van der Waals surface area (Å²) in [6.07, 6.45) is 4.32. The average Bonchev–Trinajstić information content (AvgIpc) is 2.98. The smallest absolute Gasteiger partial charge is 0.248 e. The summed E-state index contributed by atoms with van der Waals surface area (Å²) in [5.41, 5.74) is 5.58. The maximum Gasteiger partial charge on any atom is 0.248 e. The summed E-state index contributed by atoms with van der Waals surface area (Å²) in [7, 11) is -3.49. The van der Waals surface area contributed by atoms with Gasteiger partial charge in [0.1, 0.15) is 10.7 Å². The molecule has 1 fully saturated rings. The Morgan fingerprint density at radius 3 is 2.76 bits per heavy atom. The fourth-order valence-electron chi connectivity index (χ4n) is 1.78. The summed E-state index contributed by atoms with van der Waals surface area (Å²) >= 11 is 0. The molecule has 0 aliphatic heterocycles. The number of hydrogen-bond donors (Lipinski definition) is 2. The van der Waals surface area contributed by atoms with Crippen LogP contribution < -0.4 is 5.73 Å². The van der Waals surface area contributed by atoms with Crippen LogP contribution in [-0.2, 0) is 10.0 Å². The van der Waals surface area contributed by atoms with E-state index in [9.17, 15) is 8.42 Å². The van der Waals surface area contributed by atoms with Gasteiger partial charge in [0.2, 0.25) is 10.0 Å². The minimum Gasteiger partial charge on any atom is -0.383 e. The fraction of sp³-hybridized carbons (Fsp3) is 0.700. The van der Waals surface area contributed by atoms with Crippen molar-refractivity contribution in [3.63, 3.8) is 0 Å². The van der Waals surface area contributed by atoms with Crippen molar-refractivity contribution in [1.82, 2.24) is 14.5 Å². The molecule has 0 aromatic carbocycles. The van der Waals surface area contributed by atoms with Crippen LogP contribution in [0.25, 0.3) is 0 Å². The molecular formula is C10H18N4O2S.